The zero-order valence-electron chi connectivity index (χ0n) is 24.3. The molecule has 10 nitrogen and oxygen atoms in total. The summed E-state index contributed by atoms with van der Waals surface area (Å²) in [6.07, 6.45) is 5.81. The molecule has 10 heteroatoms. The second-order valence-corrected chi connectivity index (χ2v) is 11.3. The van der Waals surface area contributed by atoms with E-state index in [-0.39, 0.29) is 18.3 Å². The summed E-state index contributed by atoms with van der Waals surface area (Å²) in [5, 5.41) is 19.8. The van der Waals surface area contributed by atoms with Gasteiger partial charge in [0, 0.05) is 36.7 Å². The third-order valence-corrected chi connectivity index (χ3v) is 8.45. The van der Waals surface area contributed by atoms with Crippen molar-refractivity contribution in [3.8, 4) is 11.9 Å². The quantitative estimate of drug-likeness (QED) is 0.230. The number of hydrogen-bond acceptors (Lipinski definition) is 8. The fourth-order valence-corrected chi connectivity index (χ4v) is 5.94. The number of aromatic carboxylic acids is 1. The van der Waals surface area contributed by atoms with Gasteiger partial charge in [-0.2, -0.15) is 5.26 Å². The average Bonchev–Trinajstić information content (AvgIpc) is 3.58. The zero-order valence-corrected chi connectivity index (χ0v) is 24.3. The maximum Gasteiger partial charge on any atom is 0.335 e. The normalized spacial score (nSPS) is 16.9. The third kappa shape index (κ3) is 5.32. The molecule has 0 bridgehead atoms. The number of nitrogens with zero attached hydrogens (tertiary/aromatic N) is 5. The molecule has 0 amide bonds. The second-order valence-electron chi connectivity index (χ2n) is 11.3. The molecule has 1 N–H and O–H groups in total. The first-order chi connectivity index (χ1) is 21.5. The molecule has 5 aromatic rings. The number of aryl methyl sites for hydroxylation is 1. The highest BCUT2D eigenvalue weighted by Crippen LogP contribution is 2.29. The largest absolute Gasteiger partial charge is 0.478 e. The molecule has 5 heterocycles. The lowest BCUT2D eigenvalue weighted by Gasteiger charge is -2.29. The van der Waals surface area contributed by atoms with Crippen LogP contribution in [0.3, 0.4) is 0 Å². The standard InChI is InChI=1S/C34H31N5O5/c1-21-19-44-33-25(6-5-24(16-35)32(21)33)20-43-31-4-2-3-27(37-31)22-9-12-38(13-10-22)18-30-36-28-8-7-23(34(40)41)15-29(28)39(30)17-26-11-14-42-26/h2-9,15,19,26H,10-14,17-18,20H2,1H3,(H,40,41)/t26-/m0/s1. The Hall–Kier alpha value is -4.98. The number of imidazole rings is 1. The van der Waals surface area contributed by atoms with E-state index in [9.17, 15) is 15.2 Å². The Morgan fingerprint density at radius 2 is 2.09 bits per heavy atom. The summed E-state index contributed by atoms with van der Waals surface area (Å²) in [6, 6.07) is 16.8. The van der Waals surface area contributed by atoms with Crippen molar-refractivity contribution >= 4 is 33.5 Å². The van der Waals surface area contributed by atoms with E-state index in [4.69, 9.17) is 23.9 Å². The summed E-state index contributed by atoms with van der Waals surface area (Å²) in [5.74, 6) is 0.489. The van der Waals surface area contributed by atoms with Gasteiger partial charge in [0.05, 0.1) is 59.4 Å². The number of furan rings is 1. The van der Waals surface area contributed by atoms with Gasteiger partial charge in [0.25, 0.3) is 0 Å². The van der Waals surface area contributed by atoms with E-state index < -0.39 is 5.97 Å². The molecule has 1 fully saturated rings. The molecule has 44 heavy (non-hydrogen) atoms. The molecule has 1 atom stereocenters. The summed E-state index contributed by atoms with van der Waals surface area (Å²) >= 11 is 0. The van der Waals surface area contributed by atoms with E-state index in [2.05, 4.69) is 21.6 Å². The average molecular weight is 590 g/mol. The zero-order chi connectivity index (χ0) is 30.2. The Morgan fingerprint density at radius 1 is 1.20 bits per heavy atom. The van der Waals surface area contributed by atoms with Crippen LogP contribution in [-0.4, -0.2) is 56.3 Å². The topological polar surface area (TPSA) is 127 Å². The third-order valence-electron chi connectivity index (χ3n) is 8.45. The maximum absolute atomic E-state index is 11.6. The number of carboxylic acid groups (broad SMARTS) is 1. The first-order valence-electron chi connectivity index (χ1n) is 14.7. The molecule has 7 rings (SSSR count). The lowest BCUT2D eigenvalue weighted by molar-refractivity contribution is -0.0591. The van der Waals surface area contributed by atoms with Crippen molar-refractivity contribution in [2.75, 3.05) is 19.7 Å². The molecule has 1 saturated heterocycles. The van der Waals surface area contributed by atoms with E-state index >= 15 is 0 Å². The first kappa shape index (κ1) is 27.8. The summed E-state index contributed by atoms with van der Waals surface area (Å²) in [7, 11) is 0. The Labute approximate surface area is 253 Å². The molecule has 0 unspecified atom stereocenters. The monoisotopic (exact) mass is 589 g/mol. The number of fused-ring (bicyclic) bond motifs is 2. The molecule has 0 spiro atoms. The van der Waals surface area contributed by atoms with Crippen molar-refractivity contribution in [2.45, 2.75) is 45.6 Å². The smallest absolute Gasteiger partial charge is 0.335 e. The van der Waals surface area contributed by atoms with Crippen LogP contribution < -0.4 is 4.74 Å². The Bertz CT molecular complexity index is 1960. The van der Waals surface area contributed by atoms with E-state index in [0.29, 0.717) is 30.1 Å². The van der Waals surface area contributed by atoms with Crippen LogP contribution in [0.1, 0.15) is 51.4 Å². The predicted molar refractivity (Wildman–Crippen MR) is 163 cm³/mol. The molecule has 2 aliphatic heterocycles. The Kier molecular flexibility index (Phi) is 7.34. The highest BCUT2D eigenvalue weighted by molar-refractivity contribution is 5.92. The van der Waals surface area contributed by atoms with Crippen molar-refractivity contribution in [3.05, 3.63) is 94.6 Å². The van der Waals surface area contributed by atoms with Gasteiger partial charge in [-0.3, -0.25) is 4.90 Å². The minimum atomic E-state index is -0.947. The maximum atomic E-state index is 11.6. The van der Waals surface area contributed by atoms with E-state index in [1.165, 1.54) is 0 Å². The van der Waals surface area contributed by atoms with Crippen LogP contribution in [0.15, 0.2) is 65.3 Å². The number of carbonyl (C=O) groups is 1. The van der Waals surface area contributed by atoms with Gasteiger partial charge in [0.1, 0.15) is 18.0 Å². The molecule has 0 aliphatic carbocycles. The number of aromatic nitrogens is 3. The summed E-state index contributed by atoms with van der Waals surface area (Å²) in [6.45, 7) is 5.85. The predicted octanol–water partition coefficient (Wildman–Crippen LogP) is 5.71. The van der Waals surface area contributed by atoms with Crippen LogP contribution in [0, 0.1) is 18.3 Å². The lowest BCUT2D eigenvalue weighted by Crippen LogP contribution is -2.33. The van der Waals surface area contributed by atoms with Crippen LogP contribution in [0.25, 0.3) is 27.6 Å². The highest BCUT2D eigenvalue weighted by Gasteiger charge is 2.24. The number of ether oxygens (including phenoxy) is 2. The van der Waals surface area contributed by atoms with Crippen LogP contribution in [0.5, 0.6) is 5.88 Å². The molecule has 0 saturated carbocycles. The number of hydrogen-bond donors (Lipinski definition) is 1. The van der Waals surface area contributed by atoms with Gasteiger partial charge in [-0.15, -0.1) is 0 Å². The number of rotatable bonds is 9. The lowest BCUT2D eigenvalue weighted by atomic mass is 10.0. The molecule has 2 aromatic carbocycles. The molecular formula is C34H31N5O5. The molecule has 0 radical (unpaired) electrons. The molecular weight excluding hydrogens is 558 g/mol. The van der Waals surface area contributed by atoms with Crippen molar-refractivity contribution in [2.24, 2.45) is 0 Å². The van der Waals surface area contributed by atoms with Crippen LogP contribution in [0.4, 0.5) is 0 Å². The van der Waals surface area contributed by atoms with Crippen molar-refractivity contribution in [1.29, 1.82) is 5.26 Å². The van der Waals surface area contributed by atoms with Gasteiger partial charge in [-0.1, -0.05) is 18.2 Å². The minimum absolute atomic E-state index is 0.124. The summed E-state index contributed by atoms with van der Waals surface area (Å²) in [5.41, 5.74) is 6.97. The Balaban J connectivity index is 1.05. The number of carboxylic acids is 1. The van der Waals surface area contributed by atoms with Crippen LogP contribution in [0.2, 0.25) is 0 Å². The van der Waals surface area contributed by atoms with Crippen molar-refractivity contribution in [3.63, 3.8) is 0 Å². The molecule has 2 aliphatic rings. The van der Waals surface area contributed by atoms with Gasteiger partial charge in [0.2, 0.25) is 5.88 Å². The van der Waals surface area contributed by atoms with Gasteiger partial charge in [0.15, 0.2) is 0 Å². The minimum Gasteiger partial charge on any atom is -0.478 e. The fourth-order valence-electron chi connectivity index (χ4n) is 5.94. The SMILES string of the molecule is Cc1coc2c(COc3cccc(C4=CCN(Cc5nc6ccc(C(=O)O)cc6n5C[C@@H]5CCO5)CC4)n3)ccc(C#N)c12. The number of benzene rings is 2. The van der Waals surface area contributed by atoms with E-state index in [1.54, 1.807) is 30.5 Å². The fraction of sp³-hybridized carbons (Fsp3) is 0.294. The molecule has 222 valence electrons. The van der Waals surface area contributed by atoms with Gasteiger partial charge < -0.3 is 23.6 Å². The Morgan fingerprint density at radius 3 is 2.84 bits per heavy atom. The van der Waals surface area contributed by atoms with Gasteiger partial charge in [-0.25, -0.2) is 14.8 Å². The van der Waals surface area contributed by atoms with Crippen molar-refractivity contribution in [1.82, 2.24) is 19.4 Å². The molecule has 3 aromatic heterocycles. The summed E-state index contributed by atoms with van der Waals surface area (Å²) < 4.78 is 19.6. The van der Waals surface area contributed by atoms with E-state index in [1.807, 2.05) is 31.2 Å². The van der Waals surface area contributed by atoms with Crippen LogP contribution in [-0.2, 0) is 24.4 Å². The number of nitriles is 1. The van der Waals surface area contributed by atoms with Crippen LogP contribution >= 0.6 is 0 Å². The van der Waals surface area contributed by atoms with Gasteiger partial charge in [-0.05, 0) is 61.2 Å². The van der Waals surface area contributed by atoms with Crippen molar-refractivity contribution < 1.29 is 23.8 Å². The highest BCUT2D eigenvalue weighted by atomic mass is 16.5. The first-order valence-corrected chi connectivity index (χ1v) is 14.7. The summed E-state index contributed by atoms with van der Waals surface area (Å²) in [4.78, 5) is 23.6. The van der Waals surface area contributed by atoms with E-state index in [0.717, 1.165) is 77.2 Å². The van der Waals surface area contributed by atoms with Gasteiger partial charge >= 0.3 is 5.97 Å². The number of pyridine rings is 1. The second kappa shape index (κ2) is 11.6.